The number of carboxylic acid groups (broad SMARTS) is 1. The van der Waals surface area contributed by atoms with Gasteiger partial charge in [0.25, 0.3) is 0 Å². The Balaban J connectivity index is 1.47. The van der Waals surface area contributed by atoms with E-state index in [0.717, 1.165) is 39.3 Å². The topological polar surface area (TPSA) is 81.8 Å². The predicted molar refractivity (Wildman–Crippen MR) is 154 cm³/mol. The zero-order valence-electron chi connectivity index (χ0n) is 22.1. The third-order valence-corrected chi connectivity index (χ3v) is 6.69. The van der Waals surface area contributed by atoms with E-state index in [-0.39, 0.29) is 24.7 Å². The maximum absolute atomic E-state index is 11.2. The van der Waals surface area contributed by atoms with Gasteiger partial charge in [0.1, 0.15) is 36.2 Å². The van der Waals surface area contributed by atoms with Gasteiger partial charge in [-0.15, -0.1) is 0 Å². The van der Waals surface area contributed by atoms with Gasteiger partial charge < -0.3 is 19.1 Å². The molecule has 3 aromatic carbocycles. The van der Waals surface area contributed by atoms with E-state index in [2.05, 4.69) is 5.16 Å². The van der Waals surface area contributed by atoms with Crippen molar-refractivity contribution in [1.82, 2.24) is 5.16 Å². The number of aromatic nitrogens is 1. The number of aromatic carboxylic acids is 1. The first-order valence-corrected chi connectivity index (χ1v) is 13.2. The summed E-state index contributed by atoms with van der Waals surface area (Å²) in [5, 5.41) is 14.6. The van der Waals surface area contributed by atoms with Crippen molar-refractivity contribution in [2.45, 2.75) is 46.8 Å². The summed E-state index contributed by atoms with van der Waals surface area (Å²) >= 11 is 12.7. The average molecular weight is 566 g/mol. The molecular weight excluding hydrogens is 537 g/mol. The van der Waals surface area contributed by atoms with Crippen LogP contribution in [0.5, 0.6) is 11.5 Å². The Morgan fingerprint density at radius 2 is 1.74 bits per heavy atom. The first-order chi connectivity index (χ1) is 18.6. The summed E-state index contributed by atoms with van der Waals surface area (Å²) in [5.74, 6) is 1.25. The molecule has 0 saturated carbocycles. The molecule has 0 radical (unpaired) electrons. The lowest BCUT2D eigenvalue weighted by Crippen LogP contribution is -2.06. The fourth-order valence-electron chi connectivity index (χ4n) is 4.19. The second-order valence-corrected chi connectivity index (χ2v) is 10.4. The summed E-state index contributed by atoms with van der Waals surface area (Å²) in [5.41, 5.74) is 5.17. The molecule has 4 aromatic rings. The van der Waals surface area contributed by atoms with Crippen LogP contribution in [-0.4, -0.2) is 16.2 Å². The van der Waals surface area contributed by atoms with Gasteiger partial charge in [-0.05, 0) is 78.6 Å². The number of nitrogens with zero attached hydrogens (tertiary/aromatic N) is 1. The molecule has 202 valence electrons. The molecule has 1 N–H and O–H groups in total. The van der Waals surface area contributed by atoms with Crippen molar-refractivity contribution in [3.05, 3.63) is 109 Å². The highest BCUT2D eigenvalue weighted by molar-refractivity contribution is 6.32. The minimum absolute atomic E-state index is 0.111. The van der Waals surface area contributed by atoms with Gasteiger partial charge in [-0.3, -0.25) is 0 Å². The smallest absolute Gasteiger partial charge is 0.335 e. The molecule has 0 spiro atoms. The predicted octanol–water partition coefficient (Wildman–Crippen LogP) is 8.75. The fourth-order valence-corrected chi connectivity index (χ4v) is 4.75. The minimum atomic E-state index is -0.969. The van der Waals surface area contributed by atoms with Gasteiger partial charge in [0, 0.05) is 10.9 Å². The second-order valence-electron chi connectivity index (χ2n) is 9.52. The molecule has 0 amide bonds. The molecule has 4 rings (SSSR count). The highest BCUT2D eigenvalue weighted by Gasteiger charge is 2.20. The summed E-state index contributed by atoms with van der Waals surface area (Å²) in [6.45, 7) is 8.44. The lowest BCUT2D eigenvalue weighted by atomic mass is 10.1. The Bertz CT molecular complexity index is 1500. The van der Waals surface area contributed by atoms with Gasteiger partial charge in [-0.2, -0.15) is 0 Å². The van der Waals surface area contributed by atoms with Crippen LogP contribution in [0, 0.1) is 13.8 Å². The van der Waals surface area contributed by atoms with Gasteiger partial charge in [0.15, 0.2) is 0 Å². The molecule has 0 bridgehead atoms. The molecule has 6 nitrogen and oxygen atoms in total. The Kier molecular flexibility index (Phi) is 9.00. The maximum atomic E-state index is 11.2. The Hall–Kier alpha value is -3.74. The van der Waals surface area contributed by atoms with Crippen LogP contribution in [0.1, 0.15) is 69.4 Å². The Morgan fingerprint density at radius 1 is 1.00 bits per heavy atom. The van der Waals surface area contributed by atoms with Gasteiger partial charge >= 0.3 is 5.97 Å². The molecule has 0 unspecified atom stereocenters. The van der Waals surface area contributed by atoms with Crippen molar-refractivity contribution < 1.29 is 23.9 Å². The van der Waals surface area contributed by atoms with E-state index in [1.54, 1.807) is 24.3 Å². The molecule has 0 saturated heterocycles. The van der Waals surface area contributed by atoms with E-state index in [4.69, 9.17) is 37.2 Å². The van der Waals surface area contributed by atoms with Crippen LogP contribution in [0.3, 0.4) is 0 Å². The molecular formula is C31H29Cl2NO5. The average Bonchev–Trinajstić information content (AvgIpc) is 3.29. The van der Waals surface area contributed by atoms with Crippen LogP contribution in [0.2, 0.25) is 10.0 Å². The van der Waals surface area contributed by atoms with Crippen LogP contribution in [0.15, 0.2) is 59.1 Å². The van der Waals surface area contributed by atoms with Gasteiger partial charge in [0.05, 0.1) is 16.1 Å². The van der Waals surface area contributed by atoms with E-state index >= 15 is 0 Å². The maximum Gasteiger partial charge on any atom is 0.335 e. The number of benzene rings is 3. The van der Waals surface area contributed by atoms with Crippen LogP contribution in [0.4, 0.5) is 0 Å². The molecule has 39 heavy (non-hydrogen) atoms. The number of ether oxygens (including phenoxy) is 2. The van der Waals surface area contributed by atoms with Crippen LogP contribution in [-0.2, 0) is 13.2 Å². The van der Waals surface area contributed by atoms with Crippen molar-refractivity contribution >= 4 is 41.3 Å². The number of halogens is 2. The molecule has 0 aliphatic rings. The zero-order chi connectivity index (χ0) is 28.1. The third kappa shape index (κ3) is 7.02. The summed E-state index contributed by atoms with van der Waals surface area (Å²) < 4.78 is 17.9. The van der Waals surface area contributed by atoms with Crippen molar-refractivity contribution in [2.75, 3.05) is 0 Å². The highest BCUT2D eigenvalue weighted by Crippen LogP contribution is 2.31. The molecule has 1 aromatic heterocycles. The summed E-state index contributed by atoms with van der Waals surface area (Å²) in [7, 11) is 0. The Morgan fingerprint density at radius 3 is 2.41 bits per heavy atom. The van der Waals surface area contributed by atoms with Crippen molar-refractivity contribution in [2.24, 2.45) is 0 Å². The standard InChI is InChI=1S/C31H29Cl2NO5/c1-18(2)29-26(28(34-39-29)17-38-30-19(3)12-24(32)13-20(30)4)16-37-25-11-10-22(27(33)15-25)9-8-21-6-5-7-23(14-21)31(35)36/h5-15,18H,16-17H2,1-4H3,(H,35,36)/b9-8+. The van der Waals surface area contributed by atoms with Crippen LogP contribution < -0.4 is 9.47 Å². The third-order valence-electron chi connectivity index (χ3n) is 6.15. The van der Waals surface area contributed by atoms with E-state index in [1.807, 2.05) is 70.2 Å². The molecule has 0 aliphatic carbocycles. The number of carbonyl (C=O) groups is 1. The molecule has 0 atom stereocenters. The quantitative estimate of drug-likeness (QED) is 0.193. The van der Waals surface area contributed by atoms with Crippen molar-refractivity contribution in [1.29, 1.82) is 0 Å². The largest absolute Gasteiger partial charge is 0.489 e. The lowest BCUT2D eigenvalue weighted by Gasteiger charge is -2.13. The normalized spacial score (nSPS) is 11.4. The molecule has 8 heteroatoms. The van der Waals surface area contributed by atoms with Gasteiger partial charge in [0.2, 0.25) is 0 Å². The van der Waals surface area contributed by atoms with E-state index in [9.17, 15) is 9.90 Å². The van der Waals surface area contributed by atoms with Crippen molar-refractivity contribution in [3.63, 3.8) is 0 Å². The summed E-state index contributed by atoms with van der Waals surface area (Å²) in [4.78, 5) is 11.2. The van der Waals surface area contributed by atoms with Crippen LogP contribution >= 0.6 is 23.2 Å². The number of hydrogen-bond acceptors (Lipinski definition) is 5. The summed E-state index contributed by atoms with van der Waals surface area (Å²) in [6.07, 6.45) is 3.65. The molecule has 1 heterocycles. The van der Waals surface area contributed by atoms with Gasteiger partial charge in [-0.25, -0.2) is 4.79 Å². The monoisotopic (exact) mass is 565 g/mol. The second kappa shape index (κ2) is 12.4. The van der Waals surface area contributed by atoms with Crippen LogP contribution in [0.25, 0.3) is 12.2 Å². The first-order valence-electron chi connectivity index (χ1n) is 12.4. The van der Waals surface area contributed by atoms with Gasteiger partial charge in [-0.1, -0.05) is 66.5 Å². The number of aryl methyl sites for hydroxylation is 2. The minimum Gasteiger partial charge on any atom is -0.489 e. The van der Waals surface area contributed by atoms with Crippen molar-refractivity contribution in [3.8, 4) is 11.5 Å². The number of rotatable bonds is 10. The Labute approximate surface area is 237 Å². The zero-order valence-corrected chi connectivity index (χ0v) is 23.6. The molecule has 0 fully saturated rings. The SMILES string of the molecule is Cc1cc(Cl)cc(C)c1OCc1noc(C(C)C)c1COc1ccc(/C=C/c2cccc(C(=O)O)c2)c(Cl)c1. The number of carboxylic acids is 1. The summed E-state index contributed by atoms with van der Waals surface area (Å²) in [6, 6.07) is 15.8. The fraction of sp³-hybridized carbons (Fsp3) is 0.226. The highest BCUT2D eigenvalue weighted by atomic mass is 35.5. The van der Waals surface area contributed by atoms with E-state index < -0.39 is 5.97 Å². The first kappa shape index (κ1) is 28.3. The lowest BCUT2D eigenvalue weighted by molar-refractivity contribution is 0.0697. The number of hydrogen-bond donors (Lipinski definition) is 1. The van der Waals surface area contributed by atoms with E-state index in [1.165, 1.54) is 0 Å². The van der Waals surface area contributed by atoms with E-state index in [0.29, 0.717) is 21.5 Å². The molecule has 0 aliphatic heterocycles.